The highest BCUT2D eigenvalue weighted by molar-refractivity contribution is 5.93. The van der Waals surface area contributed by atoms with Crippen LogP contribution in [0.15, 0.2) is 41.4 Å². The van der Waals surface area contributed by atoms with Crippen LogP contribution < -0.4 is 10.1 Å². The molecule has 0 bridgehead atoms. The van der Waals surface area contributed by atoms with E-state index < -0.39 is 11.9 Å². The minimum Gasteiger partial charge on any atom is -0.421 e. The van der Waals surface area contributed by atoms with E-state index in [0.29, 0.717) is 43.7 Å². The Kier molecular flexibility index (Phi) is 6.56. The number of rotatable bonds is 5. The van der Waals surface area contributed by atoms with Gasteiger partial charge >= 0.3 is 11.9 Å². The summed E-state index contributed by atoms with van der Waals surface area (Å²) in [6.45, 7) is 5.00. The molecule has 0 aromatic heterocycles. The van der Waals surface area contributed by atoms with Crippen LogP contribution in [0.2, 0.25) is 0 Å². The molecule has 1 aromatic rings. The molecule has 3 rings (SSSR count). The van der Waals surface area contributed by atoms with Gasteiger partial charge in [-0.1, -0.05) is 19.1 Å². The number of carbonyl (C=O) groups excluding carboxylic acids is 2. The van der Waals surface area contributed by atoms with Gasteiger partial charge in [-0.05, 0) is 18.6 Å². The fourth-order valence-corrected chi connectivity index (χ4v) is 2.72. The van der Waals surface area contributed by atoms with Crippen LogP contribution in [0.25, 0.3) is 0 Å². The van der Waals surface area contributed by atoms with E-state index in [-0.39, 0.29) is 0 Å². The fourth-order valence-electron chi connectivity index (χ4n) is 2.72. The van der Waals surface area contributed by atoms with Crippen molar-refractivity contribution in [2.45, 2.75) is 13.3 Å². The van der Waals surface area contributed by atoms with E-state index in [0.717, 1.165) is 31.0 Å². The van der Waals surface area contributed by atoms with Crippen molar-refractivity contribution < 1.29 is 23.9 Å². The van der Waals surface area contributed by atoms with Crippen molar-refractivity contribution in [1.29, 1.82) is 0 Å². The van der Waals surface area contributed by atoms with E-state index in [1.165, 1.54) is 5.06 Å². The van der Waals surface area contributed by atoms with E-state index in [1.807, 2.05) is 6.07 Å². The molecule has 144 valence electrons. The van der Waals surface area contributed by atoms with Gasteiger partial charge in [-0.15, -0.1) is 5.06 Å². The molecule has 2 fully saturated rings. The van der Waals surface area contributed by atoms with Crippen molar-refractivity contribution in [3.63, 3.8) is 0 Å². The molecular weight excluding hydrogens is 350 g/mol. The van der Waals surface area contributed by atoms with Gasteiger partial charge in [0.2, 0.25) is 0 Å². The first kappa shape index (κ1) is 19.1. The van der Waals surface area contributed by atoms with Gasteiger partial charge in [0.1, 0.15) is 11.5 Å². The number of carbonyl (C=O) groups is 2. The molecule has 2 saturated heterocycles. The molecule has 2 aliphatic heterocycles. The Morgan fingerprint density at radius 1 is 1.22 bits per heavy atom. The molecule has 1 unspecified atom stereocenters. The number of morpholine rings is 1. The van der Waals surface area contributed by atoms with Crippen LogP contribution in [0.1, 0.15) is 13.3 Å². The summed E-state index contributed by atoms with van der Waals surface area (Å²) < 4.78 is 10.5. The maximum absolute atomic E-state index is 12.0. The number of nitrogens with zero attached hydrogens (tertiary/aromatic N) is 2. The zero-order valence-corrected chi connectivity index (χ0v) is 15.2. The Morgan fingerprint density at radius 3 is 2.70 bits per heavy atom. The van der Waals surface area contributed by atoms with Gasteiger partial charge in [0.05, 0.1) is 26.3 Å². The summed E-state index contributed by atoms with van der Waals surface area (Å²) in [5, 5.41) is 4.74. The summed E-state index contributed by atoms with van der Waals surface area (Å²) >= 11 is 0. The third-order valence-corrected chi connectivity index (χ3v) is 4.21. The number of ether oxygens (including phenoxy) is 2. The van der Waals surface area contributed by atoms with Crippen molar-refractivity contribution >= 4 is 23.5 Å². The minimum absolute atomic E-state index is 0.335. The molecule has 8 heteroatoms. The first-order chi connectivity index (χ1) is 13.1. The zero-order chi connectivity index (χ0) is 19.1. The average Bonchev–Trinajstić information content (AvgIpc) is 3.07. The number of para-hydroxylation sites is 2. The van der Waals surface area contributed by atoms with E-state index in [2.05, 4.69) is 17.2 Å². The molecule has 0 radical (unpaired) electrons. The number of benzene rings is 1. The monoisotopic (exact) mass is 373 g/mol. The van der Waals surface area contributed by atoms with E-state index in [1.54, 1.807) is 18.2 Å². The number of aliphatic imine (C=N–C) groups is 1. The second-order valence-electron chi connectivity index (χ2n) is 6.29. The molecule has 1 N–H and O–H groups in total. The first-order valence-corrected chi connectivity index (χ1v) is 8.98. The Bertz CT molecular complexity index is 741. The quantitative estimate of drug-likeness (QED) is 0.476. The third-order valence-electron chi connectivity index (χ3n) is 4.21. The molecule has 27 heavy (non-hydrogen) atoms. The molecular formula is C19H23N3O5. The van der Waals surface area contributed by atoms with Crippen molar-refractivity contribution in [1.82, 2.24) is 10.4 Å². The molecule has 0 saturated carbocycles. The number of esters is 1. The van der Waals surface area contributed by atoms with Crippen molar-refractivity contribution in [2.24, 2.45) is 10.9 Å². The van der Waals surface area contributed by atoms with Gasteiger partial charge in [-0.25, -0.2) is 14.6 Å². The molecule has 2 heterocycles. The average molecular weight is 373 g/mol. The first-order valence-electron chi connectivity index (χ1n) is 8.98. The minimum atomic E-state index is -0.672. The van der Waals surface area contributed by atoms with Crippen LogP contribution in [0.4, 0.5) is 5.69 Å². The van der Waals surface area contributed by atoms with Gasteiger partial charge in [-0.2, -0.15) is 0 Å². The Hall–Kier alpha value is -2.71. The summed E-state index contributed by atoms with van der Waals surface area (Å²) in [6, 6.07) is 7.02. The Balaban J connectivity index is 1.58. The van der Waals surface area contributed by atoms with E-state index in [9.17, 15) is 9.59 Å². The lowest BCUT2D eigenvalue weighted by Crippen LogP contribution is -2.37. The highest BCUT2D eigenvalue weighted by atomic mass is 16.7. The van der Waals surface area contributed by atoms with Crippen molar-refractivity contribution in [2.75, 3.05) is 32.8 Å². The van der Waals surface area contributed by atoms with E-state index >= 15 is 0 Å². The van der Waals surface area contributed by atoms with Gasteiger partial charge < -0.3 is 19.6 Å². The summed E-state index contributed by atoms with van der Waals surface area (Å²) in [4.78, 5) is 33.5. The lowest BCUT2D eigenvalue weighted by molar-refractivity contribution is -0.199. The number of hydrogen-bond donors (Lipinski definition) is 1. The van der Waals surface area contributed by atoms with Crippen LogP contribution >= 0.6 is 0 Å². The third kappa shape index (κ3) is 5.63. The van der Waals surface area contributed by atoms with Crippen LogP contribution in [0.5, 0.6) is 5.75 Å². The number of hydroxylamine groups is 2. The lowest BCUT2D eigenvalue weighted by atomic mass is 10.1. The largest absolute Gasteiger partial charge is 0.421 e. The highest BCUT2D eigenvalue weighted by Gasteiger charge is 2.18. The zero-order valence-electron chi connectivity index (χ0n) is 15.2. The summed E-state index contributed by atoms with van der Waals surface area (Å²) in [6.07, 6.45) is 3.12. The van der Waals surface area contributed by atoms with Crippen LogP contribution in [0, 0.1) is 5.92 Å². The molecule has 0 amide bonds. The highest BCUT2D eigenvalue weighted by Crippen LogP contribution is 2.28. The fraction of sp³-hybridized carbons (Fsp3) is 0.421. The van der Waals surface area contributed by atoms with Gasteiger partial charge in [0.25, 0.3) is 0 Å². The lowest BCUT2D eigenvalue weighted by Gasteiger charge is -2.24. The Labute approximate surface area is 157 Å². The summed E-state index contributed by atoms with van der Waals surface area (Å²) in [5.74, 6) is 0.245. The number of nitrogens with one attached hydrogen (secondary N) is 1. The second-order valence-corrected chi connectivity index (χ2v) is 6.29. The van der Waals surface area contributed by atoms with Crippen molar-refractivity contribution in [3.05, 3.63) is 36.4 Å². The number of amidine groups is 1. The Morgan fingerprint density at radius 2 is 1.96 bits per heavy atom. The molecule has 2 aliphatic rings. The van der Waals surface area contributed by atoms with Crippen LogP contribution in [0.3, 0.4) is 0 Å². The molecule has 0 spiro atoms. The summed E-state index contributed by atoms with van der Waals surface area (Å²) in [7, 11) is 0. The SMILES string of the molecule is CC1CCNC1=Nc1ccccc1OC(=O)/C=C/C(=O)ON1CCOCC1. The van der Waals surface area contributed by atoms with E-state index in [4.69, 9.17) is 14.3 Å². The maximum atomic E-state index is 12.0. The maximum Gasteiger partial charge on any atom is 0.349 e. The molecule has 8 nitrogen and oxygen atoms in total. The van der Waals surface area contributed by atoms with Crippen LogP contribution in [-0.2, 0) is 19.2 Å². The van der Waals surface area contributed by atoms with Crippen LogP contribution in [-0.4, -0.2) is 55.7 Å². The predicted molar refractivity (Wildman–Crippen MR) is 98.6 cm³/mol. The van der Waals surface area contributed by atoms with Gasteiger partial charge in [-0.3, -0.25) is 0 Å². The number of hydrogen-bond acceptors (Lipinski definition) is 7. The molecule has 1 aromatic carbocycles. The second kappa shape index (κ2) is 9.29. The predicted octanol–water partition coefficient (Wildman–Crippen LogP) is 1.60. The van der Waals surface area contributed by atoms with Gasteiger partial charge in [0, 0.05) is 24.6 Å². The normalized spacial score (nSPS) is 22.0. The molecule has 0 aliphatic carbocycles. The van der Waals surface area contributed by atoms with Gasteiger partial charge in [0.15, 0.2) is 5.75 Å². The smallest absolute Gasteiger partial charge is 0.349 e. The van der Waals surface area contributed by atoms with Crippen molar-refractivity contribution in [3.8, 4) is 5.75 Å². The summed E-state index contributed by atoms with van der Waals surface area (Å²) in [5.41, 5.74) is 0.561. The topological polar surface area (TPSA) is 89.5 Å². The standard InChI is InChI=1S/C19H23N3O5/c1-14-8-9-20-19(14)21-15-4-2-3-5-16(15)26-17(23)6-7-18(24)27-22-10-12-25-13-11-22/h2-7,14H,8-13H2,1H3,(H,20,21)/b7-6+. The molecule has 1 atom stereocenters.